The first-order valence-electron chi connectivity index (χ1n) is 7.98. The summed E-state index contributed by atoms with van der Waals surface area (Å²) in [5, 5.41) is 0. The van der Waals surface area contributed by atoms with Crippen molar-refractivity contribution in [2.45, 2.75) is 26.9 Å². The van der Waals surface area contributed by atoms with Crippen LogP contribution in [-0.2, 0) is 10.0 Å². The predicted molar refractivity (Wildman–Crippen MR) is 89.1 cm³/mol. The van der Waals surface area contributed by atoms with Gasteiger partial charge in [0.25, 0.3) is 5.91 Å². The van der Waals surface area contributed by atoms with Crippen LogP contribution in [0.5, 0.6) is 5.75 Å². The Kier molecular flexibility index (Phi) is 5.82. The molecule has 0 aliphatic carbocycles. The number of carbonyl (C=O) groups excluding carboxylic acids is 1. The Bertz CT molecular complexity index is 698. The first-order valence-corrected chi connectivity index (χ1v) is 9.59. The lowest BCUT2D eigenvalue weighted by Crippen LogP contribution is -2.50. The highest BCUT2D eigenvalue weighted by Gasteiger charge is 2.28. The highest BCUT2D eigenvalue weighted by molar-refractivity contribution is 7.89. The Morgan fingerprint density at radius 2 is 1.88 bits per heavy atom. The minimum atomic E-state index is -3.24. The summed E-state index contributed by atoms with van der Waals surface area (Å²) >= 11 is 0. The number of rotatable bonds is 5. The van der Waals surface area contributed by atoms with Crippen LogP contribution in [0.15, 0.2) is 18.2 Å². The molecule has 0 N–H and O–H groups in total. The maximum Gasteiger partial charge on any atom is 0.254 e. The molecule has 1 amide bonds. The summed E-state index contributed by atoms with van der Waals surface area (Å²) in [4.78, 5) is 14.0. The van der Waals surface area contributed by atoms with E-state index in [1.807, 2.05) is 0 Å². The fourth-order valence-electron chi connectivity index (χ4n) is 2.52. The SMILES string of the molecule is CCS(=O)(=O)N1CCN(C(=O)c2ccc(OC(C)C)c(F)c2)CC1. The van der Waals surface area contributed by atoms with Gasteiger partial charge in [0, 0.05) is 31.7 Å². The van der Waals surface area contributed by atoms with Crippen molar-refractivity contribution in [1.29, 1.82) is 0 Å². The lowest BCUT2D eigenvalue weighted by Gasteiger charge is -2.33. The molecule has 1 aliphatic heterocycles. The number of nitrogens with zero attached hydrogens (tertiary/aromatic N) is 2. The van der Waals surface area contributed by atoms with Gasteiger partial charge in [-0.1, -0.05) is 0 Å². The van der Waals surface area contributed by atoms with Gasteiger partial charge < -0.3 is 9.64 Å². The van der Waals surface area contributed by atoms with Gasteiger partial charge in [0.15, 0.2) is 11.6 Å². The number of sulfonamides is 1. The van der Waals surface area contributed by atoms with E-state index in [-0.39, 0.29) is 42.2 Å². The molecule has 1 aromatic rings. The van der Waals surface area contributed by atoms with E-state index in [4.69, 9.17) is 4.74 Å². The molecule has 0 atom stereocenters. The minimum absolute atomic E-state index is 0.0451. The van der Waals surface area contributed by atoms with E-state index in [2.05, 4.69) is 0 Å². The second-order valence-electron chi connectivity index (χ2n) is 5.90. The van der Waals surface area contributed by atoms with Crippen LogP contribution < -0.4 is 4.74 Å². The average Bonchev–Trinajstić information content (AvgIpc) is 2.56. The molecule has 1 fully saturated rings. The number of amides is 1. The second kappa shape index (κ2) is 7.48. The monoisotopic (exact) mass is 358 g/mol. The summed E-state index contributed by atoms with van der Waals surface area (Å²) in [7, 11) is -3.24. The van der Waals surface area contributed by atoms with Crippen LogP contribution in [0.25, 0.3) is 0 Å². The second-order valence-corrected chi connectivity index (χ2v) is 8.16. The smallest absolute Gasteiger partial charge is 0.254 e. The van der Waals surface area contributed by atoms with Gasteiger partial charge in [0.2, 0.25) is 10.0 Å². The maximum absolute atomic E-state index is 14.0. The van der Waals surface area contributed by atoms with E-state index in [1.54, 1.807) is 25.7 Å². The van der Waals surface area contributed by atoms with Crippen molar-refractivity contribution in [1.82, 2.24) is 9.21 Å². The Hall–Kier alpha value is -1.67. The van der Waals surface area contributed by atoms with Gasteiger partial charge in [0.05, 0.1) is 11.9 Å². The number of benzene rings is 1. The van der Waals surface area contributed by atoms with Crippen molar-refractivity contribution in [2.24, 2.45) is 0 Å². The van der Waals surface area contributed by atoms with Crippen molar-refractivity contribution < 1.29 is 22.3 Å². The quantitative estimate of drug-likeness (QED) is 0.804. The number of hydrogen-bond acceptors (Lipinski definition) is 4. The van der Waals surface area contributed by atoms with E-state index in [0.717, 1.165) is 6.07 Å². The van der Waals surface area contributed by atoms with Gasteiger partial charge in [0.1, 0.15) is 0 Å². The van der Waals surface area contributed by atoms with Gasteiger partial charge in [-0.25, -0.2) is 12.8 Å². The average molecular weight is 358 g/mol. The largest absolute Gasteiger partial charge is 0.488 e. The third-order valence-electron chi connectivity index (χ3n) is 3.83. The van der Waals surface area contributed by atoms with Gasteiger partial charge in [-0.3, -0.25) is 4.79 Å². The Labute approximate surface area is 142 Å². The molecule has 1 aliphatic rings. The molecule has 1 saturated heterocycles. The number of ether oxygens (including phenoxy) is 1. The van der Waals surface area contributed by atoms with Gasteiger partial charge in [-0.15, -0.1) is 0 Å². The molecular weight excluding hydrogens is 335 g/mol. The number of hydrogen-bond donors (Lipinski definition) is 0. The van der Waals surface area contributed by atoms with Crippen molar-refractivity contribution in [2.75, 3.05) is 31.9 Å². The van der Waals surface area contributed by atoms with Crippen LogP contribution in [0.4, 0.5) is 4.39 Å². The Morgan fingerprint density at radius 1 is 1.25 bits per heavy atom. The van der Waals surface area contributed by atoms with Crippen molar-refractivity contribution in [3.63, 3.8) is 0 Å². The molecule has 0 unspecified atom stereocenters. The molecule has 0 aromatic heterocycles. The molecule has 0 spiro atoms. The highest BCUT2D eigenvalue weighted by Crippen LogP contribution is 2.21. The third kappa shape index (κ3) is 4.24. The summed E-state index contributed by atoms with van der Waals surface area (Å²) in [5.74, 6) is -0.732. The van der Waals surface area contributed by atoms with Gasteiger partial charge >= 0.3 is 0 Å². The van der Waals surface area contributed by atoms with Crippen molar-refractivity contribution in [3.8, 4) is 5.75 Å². The predicted octanol–water partition coefficient (Wildman–Crippen LogP) is 1.72. The van der Waals surface area contributed by atoms with Crippen LogP contribution in [-0.4, -0.2) is 61.6 Å². The van der Waals surface area contributed by atoms with Gasteiger partial charge in [-0.2, -0.15) is 4.31 Å². The molecule has 8 heteroatoms. The Balaban J connectivity index is 2.04. The van der Waals surface area contributed by atoms with Crippen LogP contribution in [0, 0.1) is 5.82 Å². The molecule has 134 valence electrons. The summed E-state index contributed by atoms with van der Waals surface area (Å²) in [5.41, 5.74) is 0.232. The fraction of sp³-hybridized carbons (Fsp3) is 0.562. The van der Waals surface area contributed by atoms with E-state index in [9.17, 15) is 17.6 Å². The van der Waals surface area contributed by atoms with E-state index >= 15 is 0 Å². The highest BCUT2D eigenvalue weighted by atomic mass is 32.2. The lowest BCUT2D eigenvalue weighted by molar-refractivity contribution is 0.0697. The molecule has 0 bridgehead atoms. The first-order chi connectivity index (χ1) is 11.2. The standard InChI is InChI=1S/C16H23FN2O4S/c1-4-24(21,22)19-9-7-18(8-10-19)16(20)13-5-6-15(14(17)11-13)23-12(2)3/h5-6,11-12H,4,7-10H2,1-3H3. The zero-order valence-corrected chi connectivity index (χ0v) is 15.0. The van der Waals surface area contributed by atoms with Gasteiger partial charge in [-0.05, 0) is 39.0 Å². The van der Waals surface area contributed by atoms with E-state index in [0.29, 0.717) is 13.1 Å². The summed E-state index contributed by atoms with van der Waals surface area (Å²) in [6.07, 6.45) is -0.158. The van der Waals surface area contributed by atoms with Crippen LogP contribution in [0.1, 0.15) is 31.1 Å². The van der Waals surface area contributed by atoms with Crippen LogP contribution >= 0.6 is 0 Å². The zero-order valence-electron chi connectivity index (χ0n) is 14.2. The zero-order chi connectivity index (χ0) is 17.9. The van der Waals surface area contributed by atoms with E-state index in [1.165, 1.54) is 16.4 Å². The molecule has 0 saturated carbocycles. The summed E-state index contributed by atoms with van der Waals surface area (Å²) in [6.45, 7) is 6.30. The van der Waals surface area contributed by atoms with Crippen LogP contribution in [0.3, 0.4) is 0 Å². The molecule has 2 rings (SSSR count). The summed E-state index contributed by atoms with van der Waals surface area (Å²) < 4.78 is 44.4. The number of piperazine rings is 1. The molecule has 1 heterocycles. The summed E-state index contributed by atoms with van der Waals surface area (Å²) in [6, 6.07) is 4.13. The molecule has 1 aromatic carbocycles. The fourth-order valence-corrected chi connectivity index (χ4v) is 3.60. The maximum atomic E-state index is 14.0. The van der Waals surface area contributed by atoms with Crippen molar-refractivity contribution >= 4 is 15.9 Å². The number of carbonyl (C=O) groups is 1. The normalized spacial score (nSPS) is 16.5. The van der Waals surface area contributed by atoms with Crippen LogP contribution in [0.2, 0.25) is 0 Å². The number of halogens is 1. The molecular formula is C16H23FN2O4S. The molecule has 6 nitrogen and oxygen atoms in total. The Morgan fingerprint density at radius 3 is 2.38 bits per heavy atom. The van der Waals surface area contributed by atoms with E-state index < -0.39 is 15.8 Å². The lowest BCUT2D eigenvalue weighted by atomic mass is 10.1. The molecule has 24 heavy (non-hydrogen) atoms. The minimum Gasteiger partial charge on any atom is -0.488 e. The third-order valence-corrected chi connectivity index (χ3v) is 5.71. The van der Waals surface area contributed by atoms with Crippen molar-refractivity contribution in [3.05, 3.63) is 29.6 Å². The first kappa shape index (κ1) is 18.7. The topological polar surface area (TPSA) is 66.9 Å². The molecule has 0 radical (unpaired) electrons.